The second kappa shape index (κ2) is 46.9. The normalized spacial score (nSPS) is 13.6. The summed E-state index contributed by atoms with van der Waals surface area (Å²) in [5, 5.41) is 23.7. The predicted octanol–water partition coefficient (Wildman–Crippen LogP) is 15.1. The first kappa shape index (κ1) is 56.8. The highest BCUT2D eigenvalue weighted by atomic mass is 16.5. The summed E-state index contributed by atoms with van der Waals surface area (Å²) < 4.78 is 5.91. The van der Waals surface area contributed by atoms with Crippen molar-refractivity contribution >= 4 is 11.9 Å². The average Bonchev–Trinajstić information content (AvgIpc) is 3.23. The molecule has 344 valence electrons. The van der Waals surface area contributed by atoms with Crippen molar-refractivity contribution in [2.24, 2.45) is 0 Å². The van der Waals surface area contributed by atoms with Crippen molar-refractivity contribution in [3.8, 4) is 0 Å². The van der Waals surface area contributed by atoms with E-state index in [0.717, 1.165) is 83.5 Å². The molecule has 59 heavy (non-hydrogen) atoms. The van der Waals surface area contributed by atoms with Gasteiger partial charge in [0.2, 0.25) is 5.91 Å². The van der Waals surface area contributed by atoms with Gasteiger partial charge in [-0.05, 0) is 77.0 Å². The van der Waals surface area contributed by atoms with E-state index < -0.39 is 18.2 Å². The molecule has 3 N–H and O–H groups in total. The molecule has 0 aliphatic carbocycles. The molecular weight excluding hydrogens is 731 g/mol. The summed E-state index contributed by atoms with van der Waals surface area (Å²) in [7, 11) is 0. The van der Waals surface area contributed by atoms with Gasteiger partial charge in [-0.3, -0.25) is 9.59 Å². The van der Waals surface area contributed by atoms with Gasteiger partial charge in [-0.15, -0.1) is 0 Å². The summed E-state index contributed by atoms with van der Waals surface area (Å²) in [6.45, 7) is 6.36. The molecule has 0 aromatic carbocycles. The Balaban J connectivity index is 4.60. The fourth-order valence-corrected chi connectivity index (χ4v) is 7.56. The third kappa shape index (κ3) is 42.3. The Morgan fingerprint density at radius 2 is 0.932 bits per heavy atom. The van der Waals surface area contributed by atoms with Gasteiger partial charge in [-0.1, -0.05) is 211 Å². The first-order valence-corrected chi connectivity index (χ1v) is 25.4. The summed E-state index contributed by atoms with van der Waals surface area (Å²) in [6, 6.07) is -0.711. The Kier molecular flexibility index (Phi) is 45.1. The number of ether oxygens (including phenoxy) is 1. The van der Waals surface area contributed by atoms with Crippen LogP contribution in [0.1, 0.15) is 252 Å². The number of amides is 1. The fourth-order valence-electron chi connectivity index (χ4n) is 7.56. The minimum atomic E-state index is -0.795. The monoisotopic (exact) mass is 828 g/mol. The second-order valence-electron chi connectivity index (χ2n) is 17.2. The molecule has 0 rings (SSSR count). The summed E-state index contributed by atoms with van der Waals surface area (Å²) in [4.78, 5) is 26.1. The van der Waals surface area contributed by atoms with E-state index in [-0.39, 0.29) is 24.9 Å². The number of hydrogen-bond donors (Lipinski definition) is 3. The predicted molar refractivity (Wildman–Crippen MR) is 255 cm³/mol. The third-order valence-corrected chi connectivity index (χ3v) is 11.4. The van der Waals surface area contributed by atoms with Crippen LogP contribution in [0.3, 0.4) is 0 Å². The van der Waals surface area contributed by atoms with Crippen molar-refractivity contribution in [1.29, 1.82) is 0 Å². The summed E-state index contributed by atoms with van der Waals surface area (Å²) in [5.41, 5.74) is 0. The number of unbranched alkanes of at least 4 members (excludes halogenated alkanes) is 25. The molecule has 6 nitrogen and oxygen atoms in total. The number of carbonyl (C=O) groups excluding carboxylic acids is 2. The number of allylic oxidation sites excluding steroid dienone is 8. The van der Waals surface area contributed by atoms with Crippen LogP contribution in [0.15, 0.2) is 48.6 Å². The van der Waals surface area contributed by atoms with Gasteiger partial charge in [0, 0.05) is 6.42 Å². The summed E-state index contributed by atoms with van der Waals surface area (Å²) >= 11 is 0. The molecule has 0 aromatic rings. The third-order valence-electron chi connectivity index (χ3n) is 11.4. The number of hydrogen-bond acceptors (Lipinski definition) is 5. The zero-order chi connectivity index (χ0) is 43.1. The summed E-state index contributed by atoms with van der Waals surface area (Å²) in [6.07, 6.45) is 56.0. The first-order valence-electron chi connectivity index (χ1n) is 25.4. The number of rotatable bonds is 45. The smallest absolute Gasteiger partial charge is 0.306 e. The van der Waals surface area contributed by atoms with E-state index in [1.165, 1.54) is 122 Å². The van der Waals surface area contributed by atoms with E-state index in [0.29, 0.717) is 19.3 Å². The zero-order valence-electron chi connectivity index (χ0n) is 39.1. The maximum atomic E-state index is 13.2. The van der Waals surface area contributed by atoms with Crippen molar-refractivity contribution < 1.29 is 24.5 Å². The molecule has 0 fully saturated rings. The molecule has 0 aromatic heterocycles. The van der Waals surface area contributed by atoms with E-state index in [2.05, 4.69) is 74.7 Å². The van der Waals surface area contributed by atoms with Gasteiger partial charge in [0.05, 0.1) is 25.2 Å². The molecule has 3 unspecified atom stereocenters. The van der Waals surface area contributed by atoms with Crippen LogP contribution < -0.4 is 5.32 Å². The molecule has 3 atom stereocenters. The Bertz CT molecular complexity index is 1020. The lowest BCUT2D eigenvalue weighted by Crippen LogP contribution is -2.46. The molecular formula is C53H97NO5. The molecule has 0 aliphatic rings. The van der Waals surface area contributed by atoms with Gasteiger partial charge in [-0.2, -0.15) is 0 Å². The highest BCUT2D eigenvalue weighted by Crippen LogP contribution is 2.17. The molecule has 0 aliphatic heterocycles. The lowest BCUT2D eigenvalue weighted by molar-refractivity contribution is -0.151. The molecule has 0 saturated carbocycles. The minimum absolute atomic E-state index is 0.0519. The number of esters is 1. The van der Waals surface area contributed by atoms with E-state index in [4.69, 9.17) is 4.74 Å². The largest absolute Gasteiger partial charge is 0.462 e. The van der Waals surface area contributed by atoms with Crippen molar-refractivity contribution in [2.45, 2.75) is 270 Å². The first-order chi connectivity index (χ1) is 29.0. The topological polar surface area (TPSA) is 95.9 Å². The number of aliphatic hydroxyl groups is 2. The lowest BCUT2D eigenvalue weighted by Gasteiger charge is -2.24. The zero-order valence-corrected chi connectivity index (χ0v) is 39.1. The van der Waals surface area contributed by atoms with E-state index in [1.807, 2.05) is 0 Å². The van der Waals surface area contributed by atoms with Crippen molar-refractivity contribution in [3.63, 3.8) is 0 Å². The number of carbonyl (C=O) groups is 2. The van der Waals surface area contributed by atoms with Crippen LogP contribution in [0, 0.1) is 0 Å². The maximum Gasteiger partial charge on any atom is 0.306 e. The Labute approximate surface area is 366 Å². The van der Waals surface area contributed by atoms with Crippen LogP contribution in [-0.2, 0) is 14.3 Å². The molecule has 1 amide bonds. The summed E-state index contributed by atoms with van der Waals surface area (Å²) in [5.74, 6) is -0.514. The van der Waals surface area contributed by atoms with Gasteiger partial charge in [0.15, 0.2) is 0 Å². The molecule has 0 radical (unpaired) electrons. The van der Waals surface area contributed by atoms with Crippen LogP contribution in [0.2, 0.25) is 0 Å². The minimum Gasteiger partial charge on any atom is -0.462 e. The van der Waals surface area contributed by atoms with Crippen molar-refractivity contribution in [2.75, 3.05) is 6.61 Å². The SMILES string of the molecule is CC/C=C/C/C=C/C/C=C/CCCCCCCCC(=O)OC(CCC/C=C\CCCCCCCCC)CC(=O)NC(CO)C(O)CCCCCCCCCCCCCC. The number of aliphatic hydroxyl groups excluding tert-OH is 2. The van der Waals surface area contributed by atoms with Gasteiger partial charge < -0.3 is 20.3 Å². The Morgan fingerprint density at radius 3 is 1.44 bits per heavy atom. The highest BCUT2D eigenvalue weighted by Gasteiger charge is 2.24. The van der Waals surface area contributed by atoms with E-state index in [1.54, 1.807) is 0 Å². The Morgan fingerprint density at radius 1 is 0.508 bits per heavy atom. The Hall–Kier alpha value is -2.18. The molecule has 0 heterocycles. The number of nitrogens with one attached hydrogen (secondary N) is 1. The quantitative estimate of drug-likeness (QED) is 0.0323. The molecule has 0 saturated heterocycles. The highest BCUT2D eigenvalue weighted by molar-refractivity contribution is 5.77. The van der Waals surface area contributed by atoms with Crippen LogP contribution in [0.25, 0.3) is 0 Å². The second-order valence-corrected chi connectivity index (χ2v) is 17.2. The van der Waals surface area contributed by atoms with Crippen LogP contribution in [0.4, 0.5) is 0 Å². The van der Waals surface area contributed by atoms with Crippen LogP contribution in [0.5, 0.6) is 0 Å². The average molecular weight is 828 g/mol. The van der Waals surface area contributed by atoms with Gasteiger partial charge >= 0.3 is 5.97 Å². The lowest BCUT2D eigenvalue weighted by atomic mass is 10.0. The van der Waals surface area contributed by atoms with Crippen LogP contribution >= 0.6 is 0 Å². The fraction of sp³-hybridized carbons (Fsp3) is 0.811. The molecule has 0 spiro atoms. The van der Waals surface area contributed by atoms with Crippen molar-refractivity contribution in [3.05, 3.63) is 48.6 Å². The van der Waals surface area contributed by atoms with Crippen LogP contribution in [-0.4, -0.2) is 46.9 Å². The standard InChI is InChI=1S/C53H97NO5/c1-4-7-10-13-16-19-22-25-26-27-28-31-34-37-40-43-46-53(58)59-49(44-41-38-35-32-29-23-20-17-14-11-8-5-2)47-52(57)54-50(48-55)51(56)45-42-39-36-33-30-24-21-18-15-12-9-6-3/h7,10,16,19,25-26,32,35,49-51,55-56H,4-6,8-9,11-15,17-18,20-24,27-31,33-34,36-48H2,1-3H3,(H,54,57)/b10-7+,19-16+,26-25+,35-32-. The van der Waals surface area contributed by atoms with Crippen molar-refractivity contribution in [1.82, 2.24) is 5.32 Å². The molecule has 0 bridgehead atoms. The van der Waals surface area contributed by atoms with Gasteiger partial charge in [-0.25, -0.2) is 0 Å². The van der Waals surface area contributed by atoms with Gasteiger partial charge in [0.25, 0.3) is 0 Å². The van der Waals surface area contributed by atoms with E-state index in [9.17, 15) is 19.8 Å². The van der Waals surface area contributed by atoms with Gasteiger partial charge in [0.1, 0.15) is 6.10 Å². The maximum absolute atomic E-state index is 13.2. The molecule has 6 heteroatoms. The van der Waals surface area contributed by atoms with E-state index >= 15 is 0 Å².